The molecule has 2 nitrogen and oxygen atoms in total. The largest absolute Gasteiger partial charge is 0.326 e. The Bertz CT molecular complexity index is 397. The van der Waals surface area contributed by atoms with Gasteiger partial charge < -0.3 is 5.32 Å². The second kappa shape index (κ2) is 5.67. The highest BCUT2D eigenvalue weighted by Gasteiger charge is 2.23. The highest BCUT2D eigenvalue weighted by molar-refractivity contribution is 9.09. The molecule has 2 rings (SSSR count). The number of halogens is 1. The van der Waals surface area contributed by atoms with Gasteiger partial charge in [0.15, 0.2) is 0 Å². The number of para-hydroxylation sites is 1. The van der Waals surface area contributed by atoms with E-state index in [0.29, 0.717) is 0 Å². The number of amides is 1. The third-order valence-corrected chi connectivity index (χ3v) is 3.87. The summed E-state index contributed by atoms with van der Waals surface area (Å²) >= 11 is 3.56. The molecule has 0 radical (unpaired) electrons. The Labute approximate surface area is 111 Å². The Balaban J connectivity index is 2.09. The molecule has 0 saturated heterocycles. The summed E-state index contributed by atoms with van der Waals surface area (Å²) in [6.45, 7) is 2.07. The minimum Gasteiger partial charge on any atom is -0.326 e. The zero-order chi connectivity index (χ0) is 12.3. The first-order valence-electron chi connectivity index (χ1n) is 6.22. The number of hydrogen-bond acceptors (Lipinski definition) is 1. The molecular formula is C14H18BrNO. The predicted octanol–water partition coefficient (Wildman–Crippen LogP) is 4.27. The van der Waals surface area contributed by atoms with Gasteiger partial charge in [-0.2, -0.15) is 0 Å². The predicted molar refractivity (Wildman–Crippen MR) is 74.4 cm³/mol. The van der Waals surface area contributed by atoms with Gasteiger partial charge in [0.05, 0.1) is 0 Å². The topological polar surface area (TPSA) is 29.1 Å². The second-order valence-corrected chi connectivity index (χ2v) is 6.05. The molecule has 1 unspecified atom stereocenters. The SMILES string of the molecule is CC(Br)c1ccccc1NC(=O)C1CCCC1. The molecule has 3 heteroatoms. The number of benzene rings is 1. The van der Waals surface area contributed by atoms with E-state index in [-0.39, 0.29) is 16.7 Å². The van der Waals surface area contributed by atoms with Gasteiger partial charge in [0.2, 0.25) is 5.91 Å². The summed E-state index contributed by atoms with van der Waals surface area (Å²) in [4.78, 5) is 12.3. The van der Waals surface area contributed by atoms with Crippen LogP contribution in [0.5, 0.6) is 0 Å². The Kier molecular flexibility index (Phi) is 4.21. The summed E-state index contributed by atoms with van der Waals surface area (Å²) < 4.78 is 0. The van der Waals surface area contributed by atoms with Crippen molar-refractivity contribution in [3.63, 3.8) is 0 Å². The Morgan fingerprint density at radius 1 is 1.35 bits per heavy atom. The Morgan fingerprint density at radius 3 is 2.65 bits per heavy atom. The van der Waals surface area contributed by atoms with E-state index in [9.17, 15) is 4.79 Å². The molecule has 0 heterocycles. The molecule has 1 aliphatic rings. The third-order valence-electron chi connectivity index (χ3n) is 3.37. The highest BCUT2D eigenvalue weighted by atomic mass is 79.9. The highest BCUT2D eigenvalue weighted by Crippen LogP contribution is 2.30. The maximum atomic E-state index is 12.1. The number of carbonyl (C=O) groups is 1. The van der Waals surface area contributed by atoms with Crippen molar-refractivity contribution >= 4 is 27.5 Å². The molecule has 0 aliphatic heterocycles. The fourth-order valence-corrected chi connectivity index (χ4v) is 2.78. The van der Waals surface area contributed by atoms with E-state index in [2.05, 4.69) is 28.2 Å². The van der Waals surface area contributed by atoms with Crippen LogP contribution in [0.3, 0.4) is 0 Å². The molecule has 1 aromatic carbocycles. The average molecular weight is 296 g/mol. The van der Waals surface area contributed by atoms with Crippen molar-refractivity contribution in [2.24, 2.45) is 5.92 Å². The van der Waals surface area contributed by atoms with Crippen LogP contribution in [-0.4, -0.2) is 5.91 Å². The molecule has 1 N–H and O–H groups in total. The third kappa shape index (κ3) is 3.09. The zero-order valence-electron chi connectivity index (χ0n) is 10.1. The first-order chi connectivity index (χ1) is 8.18. The number of alkyl halides is 1. The van der Waals surface area contributed by atoms with Crippen LogP contribution in [-0.2, 0) is 4.79 Å². The van der Waals surface area contributed by atoms with Crippen LogP contribution in [0.15, 0.2) is 24.3 Å². The van der Waals surface area contributed by atoms with Crippen molar-refractivity contribution in [1.82, 2.24) is 0 Å². The molecular weight excluding hydrogens is 278 g/mol. The summed E-state index contributed by atoms with van der Waals surface area (Å²) in [5.41, 5.74) is 2.08. The van der Waals surface area contributed by atoms with Gasteiger partial charge in [0.25, 0.3) is 0 Å². The van der Waals surface area contributed by atoms with Crippen LogP contribution >= 0.6 is 15.9 Å². The number of carbonyl (C=O) groups excluding carboxylic acids is 1. The van der Waals surface area contributed by atoms with Crippen LogP contribution in [0.25, 0.3) is 0 Å². The first-order valence-corrected chi connectivity index (χ1v) is 7.14. The van der Waals surface area contributed by atoms with Gasteiger partial charge in [-0.3, -0.25) is 4.79 Å². The first kappa shape index (κ1) is 12.6. The smallest absolute Gasteiger partial charge is 0.227 e. The van der Waals surface area contributed by atoms with E-state index in [0.717, 1.165) is 24.1 Å². The minimum absolute atomic E-state index is 0.183. The van der Waals surface area contributed by atoms with Gasteiger partial charge in [-0.1, -0.05) is 47.0 Å². The minimum atomic E-state index is 0.183. The van der Waals surface area contributed by atoms with Gasteiger partial charge in [0, 0.05) is 16.4 Å². The molecule has 92 valence electrons. The standard InChI is InChI=1S/C14H18BrNO/c1-10(15)12-8-4-5-9-13(12)16-14(17)11-6-2-3-7-11/h4-5,8-11H,2-3,6-7H2,1H3,(H,16,17). The summed E-state index contributed by atoms with van der Waals surface area (Å²) in [6.07, 6.45) is 4.46. The fourth-order valence-electron chi connectivity index (χ4n) is 2.38. The number of anilines is 1. The van der Waals surface area contributed by atoms with E-state index in [1.165, 1.54) is 12.8 Å². The Morgan fingerprint density at radius 2 is 2.00 bits per heavy atom. The van der Waals surface area contributed by atoms with E-state index in [1.807, 2.05) is 24.3 Å². The van der Waals surface area contributed by atoms with Crippen LogP contribution in [0.1, 0.15) is 43.0 Å². The van der Waals surface area contributed by atoms with Crippen molar-refractivity contribution in [3.8, 4) is 0 Å². The van der Waals surface area contributed by atoms with Crippen molar-refractivity contribution in [2.45, 2.75) is 37.4 Å². The molecule has 1 aromatic rings. The lowest BCUT2D eigenvalue weighted by atomic mass is 10.1. The number of rotatable bonds is 3. The van der Waals surface area contributed by atoms with Crippen molar-refractivity contribution < 1.29 is 4.79 Å². The summed E-state index contributed by atoms with van der Waals surface area (Å²) in [6, 6.07) is 7.98. The van der Waals surface area contributed by atoms with E-state index < -0.39 is 0 Å². The normalized spacial score (nSPS) is 18.0. The molecule has 1 atom stereocenters. The average Bonchev–Trinajstić information content (AvgIpc) is 2.83. The molecule has 1 fully saturated rings. The molecule has 0 aromatic heterocycles. The Hall–Kier alpha value is -0.830. The maximum Gasteiger partial charge on any atom is 0.227 e. The van der Waals surface area contributed by atoms with Gasteiger partial charge in [-0.25, -0.2) is 0 Å². The van der Waals surface area contributed by atoms with Crippen LogP contribution in [0.2, 0.25) is 0 Å². The lowest BCUT2D eigenvalue weighted by Gasteiger charge is -2.15. The molecule has 1 amide bonds. The van der Waals surface area contributed by atoms with Crippen LogP contribution in [0.4, 0.5) is 5.69 Å². The summed E-state index contributed by atoms with van der Waals surface area (Å²) in [5, 5.41) is 3.06. The quantitative estimate of drug-likeness (QED) is 0.829. The van der Waals surface area contributed by atoms with Crippen molar-refractivity contribution in [2.75, 3.05) is 5.32 Å². The van der Waals surface area contributed by atoms with Gasteiger partial charge >= 0.3 is 0 Å². The molecule has 17 heavy (non-hydrogen) atoms. The van der Waals surface area contributed by atoms with E-state index in [4.69, 9.17) is 0 Å². The summed E-state index contributed by atoms with van der Waals surface area (Å²) in [7, 11) is 0. The zero-order valence-corrected chi connectivity index (χ0v) is 11.7. The van der Waals surface area contributed by atoms with Crippen molar-refractivity contribution in [1.29, 1.82) is 0 Å². The second-order valence-electron chi connectivity index (χ2n) is 4.67. The van der Waals surface area contributed by atoms with E-state index >= 15 is 0 Å². The van der Waals surface area contributed by atoms with Gasteiger partial charge in [0.1, 0.15) is 0 Å². The monoisotopic (exact) mass is 295 g/mol. The van der Waals surface area contributed by atoms with Crippen LogP contribution in [0, 0.1) is 5.92 Å². The molecule has 0 spiro atoms. The van der Waals surface area contributed by atoms with Gasteiger partial charge in [-0.15, -0.1) is 0 Å². The fraction of sp³-hybridized carbons (Fsp3) is 0.500. The van der Waals surface area contributed by atoms with Gasteiger partial charge in [-0.05, 0) is 31.4 Å². The number of hydrogen-bond donors (Lipinski definition) is 1. The summed E-state index contributed by atoms with van der Waals surface area (Å²) in [5.74, 6) is 0.400. The molecule has 1 aliphatic carbocycles. The molecule has 1 saturated carbocycles. The lowest BCUT2D eigenvalue weighted by molar-refractivity contribution is -0.119. The van der Waals surface area contributed by atoms with Crippen LogP contribution < -0.4 is 5.32 Å². The van der Waals surface area contributed by atoms with E-state index in [1.54, 1.807) is 0 Å². The lowest BCUT2D eigenvalue weighted by Crippen LogP contribution is -2.21. The number of nitrogens with one attached hydrogen (secondary N) is 1. The van der Waals surface area contributed by atoms with Crippen molar-refractivity contribution in [3.05, 3.63) is 29.8 Å². The maximum absolute atomic E-state index is 12.1. The molecule has 0 bridgehead atoms.